The Kier molecular flexibility index (Phi) is 5.06. The molecule has 0 radical (unpaired) electrons. The van der Waals surface area contributed by atoms with Gasteiger partial charge in [-0.05, 0) is 41.8 Å². The van der Waals surface area contributed by atoms with Gasteiger partial charge >= 0.3 is 6.09 Å². The zero-order chi connectivity index (χ0) is 18.0. The van der Waals surface area contributed by atoms with Crippen LogP contribution in [0.4, 0.5) is 4.79 Å². The van der Waals surface area contributed by atoms with Crippen LogP contribution in [0.5, 0.6) is 0 Å². The number of carbonyl (C=O) groups excluding carboxylic acids is 1. The number of hydrogen-bond acceptors (Lipinski definition) is 4. The number of benzene rings is 2. The van der Waals surface area contributed by atoms with Crippen LogP contribution in [0.3, 0.4) is 0 Å². The molecule has 0 saturated carbocycles. The lowest BCUT2D eigenvalue weighted by molar-refractivity contribution is -0.0142. The second-order valence-corrected chi connectivity index (χ2v) is 6.14. The molecular formula is C20H23NO4. The van der Waals surface area contributed by atoms with Crippen LogP contribution in [0.1, 0.15) is 25.8 Å². The highest BCUT2D eigenvalue weighted by Gasteiger charge is 2.39. The minimum absolute atomic E-state index is 0.245. The average molecular weight is 341 g/mol. The lowest BCUT2D eigenvalue weighted by atomic mass is 9.92. The fourth-order valence-corrected chi connectivity index (χ4v) is 3.33. The molecular weight excluding hydrogens is 318 g/mol. The number of nitrogens with zero attached hydrogens (tertiary/aromatic N) is 1. The second-order valence-electron chi connectivity index (χ2n) is 6.14. The maximum Gasteiger partial charge on any atom is 0.414 e. The molecule has 25 heavy (non-hydrogen) atoms. The van der Waals surface area contributed by atoms with E-state index in [2.05, 4.69) is 0 Å². The van der Waals surface area contributed by atoms with Crippen molar-refractivity contribution in [3.8, 4) is 0 Å². The number of aliphatic hydroxyl groups excluding tert-OH is 2. The molecule has 1 aliphatic rings. The summed E-state index contributed by atoms with van der Waals surface area (Å²) in [5.41, 5.74) is 1.37. The molecule has 0 aromatic heterocycles. The van der Waals surface area contributed by atoms with Crippen LogP contribution in [0, 0.1) is 0 Å². The Bertz CT molecular complexity index is 801. The summed E-state index contributed by atoms with van der Waals surface area (Å²) in [5.74, 6) is 0. The highest BCUT2D eigenvalue weighted by atomic mass is 16.6. The standard InChI is InChI=1S/C20H23NO4/c1-3-16-19(23)18(22)12-17(21(16)20(24)25-4-2)15-10-9-13-7-5-6-8-14(13)11-15/h5-12,16,18-19,22-23H,3-4H2,1-2H3/t16-,18+,19-/m1/s1. The molecule has 5 heteroatoms. The minimum Gasteiger partial charge on any atom is -0.449 e. The van der Waals surface area contributed by atoms with E-state index < -0.39 is 24.3 Å². The van der Waals surface area contributed by atoms with Crippen molar-refractivity contribution in [2.45, 2.75) is 38.5 Å². The summed E-state index contributed by atoms with van der Waals surface area (Å²) < 4.78 is 5.19. The maximum atomic E-state index is 12.5. The van der Waals surface area contributed by atoms with Gasteiger partial charge < -0.3 is 14.9 Å². The van der Waals surface area contributed by atoms with E-state index in [-0.39, 0.29) is 6.61 Å². The molecule has 5 nitrogen and oxygen atoms in total. The van der Waals surface area contributed by atoms with Crippen LogP contribution in [-0.4, -0.2) is 46.1 Å². The number of aliphatic hydroxyl groups is 2. The third-order valence-corrected chi connectivity index (χ3v) is 4.59. The van der Waals surface area contributed by atoms with E-state index in [4.69, 9.17) is 4.74 Å². The van der Waals surface area contributed by atoms with Gasteiger partial charge in [0.15, 0.2) is 0 Å². The number of carbonyl (C=O) groups is 1. The molecule has 132 valence electrons. The van der Waals surface area contributed by atoms with Gasteiger partial charge in [0.25, 0.3) is 0 Å². The van der Waals surface area contributed by atoms with Crippen molar-refractivity contribution in [3.63, 3.8) is 0 Å². The Morgan fingerprint density at radius 2 is 1.84 bits per heavy atom. The number of rotatable bonds is 3. The van der Waals surface area contributed by atoms with Gasteiger partial charge in [-0.3, -0.25) is 4.90 Å². The summed E-state index contributed by atoms with van der Waals surface area (Å²) in [7, 11) is 0. The monoisotopic (exact) mass is 341 g/mol. The number of ether oxygens (including phenoxy) is 1. The lowest BCUT2D eigenvalue weighted by Crippen LogP contribution is -2.53. The van der Waals surface area contributed by atoms with Crippen molar-refractivity contribution < 1.29 is 19.7 Å². The van der Waals surface area contributed by atoms with Crippen LogP contribution >= 0.6 is 0 Å². The third kappa shape index (κ3) is 3.25. The molecule has 0 saturated heterocycles. The molecule has 3 rings (SSSR count). The van der Waals surface area contributed by atoms with E-state index in [0.717, 1.165) is 16.3 Å². The van der Waals surface area contributed by atoms with E-state index in [9.17, 15) is 15.0 Å². The molecule has 1 heterocycles. The molecule has 1 aliphatic heterocycles. The summed E-state index contributed by atoms with van der Waals surface area (Å²) >= 11 is 0. The predicted octanol–water partition coefficient (Wildman–Crippen LogP) is 3.15. The molecule has 0 fully saturated rings. The Labute approximate surface area is 147 Å². The Morgan fingerprint density at radius 1 is 1.12 bits per heavy atom. The fourth-order valence-electron chi connectivity index (χ4n) is 3.33. The van der Waals surface area contributed by atoms with E-state index in [1.807, 2.05) is 49.4 Å². The van der Waals surface area contributed by atoms with E-state index in [1.165, 1.54) is 11.0 Å². The van der Waals surface area contributed by atoms with Crippen LogP contribution in [0.15, 0.2) is 48.5 Å². The zero-order valence-corrected chi connectivity index (χ0v) is 14.4. The first-order chi connectivity index (χ1) is 12.1. The van der Waals surface area contributed by atoms with Crippen molar-refractivity contribution >= 4 is 22.6 Å². The summed E-state index contributed by atoms with van der Waals surface area (Å²) in [6.07, 6.45) is -0.560. The van der Waals surface area contributed by atoms with Gasteiger partial charge in [0, 0.05) is 0 Å². The summed E-state index contributed by atoms with van der Waals surface area (Å²) in [5, 5.41) is 22.7. The topological polar surface area (TPSA) is 70.0 Å². The molecule has 2 aromatic carbocycles. The van der Waals surface area contributed by atoms with Gasteiger partial charge in [0.1, 0.15) is 12.2 Å². The molecule has 0 spiro atoms. The van der Waals surface area contributed by atoms with Gasteiger partial charge in [-0.2, -0.15) is 0 Å². The maximum absolute atomic E-state index is 12.5. The molecule has 2 aromatic rings. The van der Waals surface area contributed by atoms with Crippen molar-refractivity contribution in [1.82, 2.24) is 4.90 Å². The molecule has 0 aliphatic carbocycles. The second kappa shape index (κ2) is 7.25. The number of amides is 1. The average Bonchev–Trinajstić information content (AvgIpc) is 2.63. The quantitative estimate of drug-likeness (QED) is 0.900. The highest BCUT2D eigenvalue weighted by Crippen LogP contribution is 2.33. The molecule has 1 amide bonds. The molecule has 0 bridgehead atoms. The molecule has 0 unspecified atom stereocenters. The van der Waals surface area contributed by atoms with Crippen LogP contribution in [0.2, 0.25) is 0 Å². The van der Waals surface area contributed by atoms with Crippen LogP contribution < -0.4 is 0 Å². The third-order valence-electron chi connectivity index (χ3n) is 4.59. The largest absolute Gasteiger partial charge is 0.449 e. The van der Waals surface area contributed by atoms with Gasteiger partial charge in [0.2, 0.25) is 0 Å². The number of hydrogen-bond donors (Lipinski definition) is 2. The van der Waals surface area contributed by atoms with Gasteiger partial charge in [-0.1, -0.05) is 43.3 Å². The Hall–Kier alpha value is -2.37. The van der Waals surface area contributed by atoms with Crippen molar-refractivity contribution in [3.05, 3.63) is 54.1 Å². The van der Waals surface area contributed by atoms with E-state index >= 15 is 0 Å². The van der Waals surface area contributed by atoms with Crippen LogP contribution in [-0.2, 0) is 4.74 Å². The summed E-state index contributed by atoms with van der Waals surface area (Å²) in [4.78, 5) is 14.0. The highest BCUT2D eigenvalue weighted by molar-refractivity contribution is 5.89. The predicted molar refractivity (Wildman–Crippen MR) is 96.9 cm³/mol. The Balaban J connectivity index is 2.10. The molecule has 3 atom stereocenters. The normalized spacial score (nSPS) is 23.4. The van der Waals surface area contributed by atoms with Gasteiger partial charge in [-0.15, -0.1) is 0 Å². The van der Waals surface area contributed by atoms with Gasteiger partial charge in [0.05, 0.1) is 18.3 Å². The summed E-state index contributed by atoms with van der Waals surface area (Å²) in [6, 6.07) is 13.3. The van der Waals surface area contributed by atoms with Gasteiger partial charge in [-0.25, -0.2) is 4.79 Å². The van der Waals surface area contributed by atoms with Crippen molar-refractivity contribution in [2.24, 2.45) is 0 Å². The lowest BCUT2D eigenvalue weighted by Gasteiger charge is -2.40. The number of fused-ring (bicyclic) bond motifs is 1. The molecule has 2 N–H and O–H groups in total. The SMILES string of the molecule is CCOC(=O)N1C(c2ccc3ccccc3c2)=C[C@H](O)[C@H](O)[C@H]1CC. The first-order valence-electron chi connectivity index (χ1n) is 8.60. The summed E-state index contributed by atoms with van der Waals surface area (Å²) in [6.45, 7) is 3.86. The van der Waals surface area contributed by atoms with Crippen molar-refractivity contribution in [1.29, 1.82) is 0 Å². The smallest absolute Gasteiger partial charge is 0.414 e. The fraction of sp³-hybridized carbons (Fsp3) is 0.350. The van der Waals surface area contributed by atoms with Crippen molar-refractivity contribution in [2.75, 3.05) is 6.61 Å². The Morgan fingerprint density at radius 3 is 2.52 bits per heavy atom. The van der Waals surface area contributed by atoms with E-state index in [1.54, 1.807) is 6.92 Å². The zero-order valence-electron chi connectivity index (χ0n) is 14.4. The minimum atomic E-state index is -1.04. The van der Waals surface area contributed by atoms with E-state index in [0.29, 0.717) is 12.1 Å². The first kappa shape index (κ1) is 17.5. The first-order valence-corrected chi connectivity index (χ1v) is 8.60. The van der Waals surface area contributed by atoms with Crippen LogP contribution in [0.25, 0.3) is 16.5 Å².